The third kappa shape index (κ3) is 4.90. The number of ether oxygens (including phenoxy) is 3. The molecule has 0 saturated heterocycles. The van der Waals surface area contributed by atoms with Crippen molar-refractivity contribution in [2.75, 3.05) is 7.11 Å². The summed E-state index contributed by atoms with van der Waals surface area (Å²) < 4.78 is 15.3. The number of nitrogens with one attached hydrogen (secondary N) is 1. The van der Waals surface area contributed by atoms with Gasteiger partial charge < -0.3 is 19.5 Å². The monoisotopic (exact) mass is 271 g/mol. The number of hydrogen-bond acceptors (Lipinski definition) is 5. The summed E-state index contributed by atoms with van der Waals surface area (Å²) in [5, 5.41) is 2.47. The second-order valence-electron chi connectivity index (χ2n) is 5.34. The maximum Gasteiger partial charge on any atom is 0.408 e. The molecule has 0 spiro atoms. The van der Waals surface area contributed by atoms with Gasteiger partial charge in [0.05, 0.1) is 13.2 Å². The lowest BCUT2D eigenvalue weighted by molar-refractivity contribution is -0.146. The van der Waals surface area contributed by atoms with Gasteiger partial charge in [0, 0.05) is 0 Å². The van der Waals surface area contributed by atoms with Gasteiger partial charge in [0.25, 0.3) is 0 Å². The van der Waals surface area contributed by atoms with E-state index in [1.54, 1.807) is 26.8 Å². The molecule has 0 aliphatic carbocycles. The van der Waals surface area contributed by atoms with Crippen molar-refractivity contribution in [3.63, 3.8) is 0 Å². The third-order valence-electron chi connectivity index (χ3n) is 2.40. The molecule has 1 aliphatic heterocycles. The van der Waals surface area contributed by atoms with E-state index in [0.29, 0.717) is 0 Å². The van der Waals surface area contributed by atoms with Crippen molar-refractivity contribution < 1.29 is 23.8 Å². The largest absolute Gasteiger partial charge is 0.467 e. The van der Waals surface area contributed by atoms with Crippen LogP contribution in [-0.4, -0.2) is 43.0 Å². The lowest BCUT2D eigenvalue weighted by Crippen LogP contribution is -2.50. The Kier molecular flexibility index (Phi) is 4.94. The molecule has 108 valence electrons. The zero-order valence-electron chi connectivity index (χ0n) is 11.9. The number of rotatable bonds is 3. The standard InChI is InChI=1S/C13H21NO5/c1-8-6-7-9(18-8)10(11(15)17-5)14-12(16)19-13(2,3)4/h6-10H,1-5H3,(H,14,16)/t8-,9+,10-/m0/s1. The summed E-state index contributed by atoms with van der Waals surface area (Å²) in [5.41, 5.74) is -0.635. The minimum absolute atomic E-state index is 0.0995. The highest BCUT2D eigenvalue weighted by Crippen LogP contribution is 2.16. The summed E-state index contributed by atoms with van der Waals surface area (Å²) >= 11 is 0. The van der Waals surface area contributed by atoms with Crippen molar-refractivity contribution in [3.8, 4) is 0 Å². The summed E-state index contributed by atoms with van der Waals surface area (Å²) in [4.78, 5) is 23.4. The summed E-state index contributed by atoms with van der Waals surface area (Å²) in [7, 11) is 1.26. The molecule has 19 heavy (non-hydrogen) atoms. The molecule has 0 unspecified atom stereocenters. The first-order valence-corrected chi connectivity index (χ1v) is 6.14. The zero-order chi connectivity index (χ0) is 14.6. The summed E-state index contributed by atoms with van der Waals surface area (Å²) in [5.74, 6) is -0.574. The van der Waals surface area contributed by atoms with Crippen LogP contribution in [0.3, 0.4) is 0 Å². The Hall–Kier alpha value is -1.56. The molecule has 6 heteroatoms. The van der Waals surface area contributed by atoms with Crippen LogP contribution in [0.25, 0.3) is 0 Å². The van der Waals surface area contributed by atoms with Crippen LogP contribution in [0.4, 0.5) is 4.79 Å². The number of carbonyl (C=O) groups is 2. The van der Waals surface area contributed by atoms with Crippen molar-refractivity contribution in [2.24, 2.45) is 0 Å². The Labute approximate surface area is 113 Å². The van der Waals surface area contributed by atoms with Crippen molar-refractivity contribution >= 4 is 12.1 Å². The molecule has 6 nitrogen and oxygen atoms in total. The summed E-state index contributed by atoms with van der Waals surface area (Å²) in [6, 6.07) is -0.916. The van der Waals surface area contributed by atoms with Gasteiger partial charge in [0.2, 0.25) is 0 Å². The Morgan fingerprint density at radius 1 is 1.32 bits per heavy atom. The van der Waals surface area contributed by atoms with E-state index in [4.69, 9.17) is 9.47 Å². The van der Waals surface area contributed by atoms with Crippen LogP contribution < -0.4 is 5.32 Å². The average molecular weight is 271 g/mol. The molecule has 0 saturated carbocycles. The van der Waals surface area contributed by atoms with E-state index in [0.717, 1.165) is 0 Å². The Morgan fingerprint density at radius 3 is 2.37 bits per heavy atom. The quantitative estimate of drug-likeness (QED) is 0.620. The van der Waals surface area contributed by atoms with Crippen LogP contribution in [-0.2, 0) is 19.0 Å². The van der Waals surface area contributed by atoms with Gasteiger partial charge in [-0.05, 0) is 27.7 Å². The lowest BCUT2D eigenvalue weighted by Gasteiger charge is -2.25. The number of methoxy groups -OCH3 is 1. The maximum atomic E-state index is 11.7. The molecule has 1 rings (SSSR count). The number of alkyl carbamates (subject to hydrolysis) is 1. The van der Waals surface area contributed by atoms with Gasteiger partial charge >= 0.3 is 12.1 Å². The molecule has 1 heterocycles. The fourth-order valence-corrected chi connectivity index (χ4v) is 1.63. The fraction of sp³-hybridized carbons (Fsp3) is 0.692. The van der Waals surface area contributed by atoms with Gasteiger partial charge in [-0.3, -0.25) is 0 Å². The Bertz CT molecular complexity index is 372. The van der Waals surface area contributed by atoms with Crippen molar-refractivity contribution in [3.05, 3.63) is 12.2 Å². The molecular weight excluding hydrogens is 250 g/mol. The molecule has 3 atom stereocenters. The minimum Gasteiger partial charge on any atom is -0.467 e. The zero-order valence-corrected chi connectivity index (χ0v) is 11.9. The van der Waals surface area contributed by atoms with Gasteiger partial charge in [0.15, 0.2) is 6.04 Å². The highest BCUT2D eigenvalue weighted by molar-refractivity contribution is 5.82. The predicted octanol–water partition coefficient (Wildman–Crippen LogP) is 1.40. The van der Waals surface area contributed by atoms with E-state index in [1.165, 1.54) is 7.11 Å². The van der Waals surface area contributed by atoms with Crippen molar-refractivity contribution in [1.82, 2.24) is 5.32 Å². The second-order valence-corrected chi connectivity index (χ2v) is 5.34. The normalized spacial score (nSPS) is 23.8. The van der Waals surface area contributed by atoms with Gasteiger partial charge in [-0.2, -0.15) is 0 Å². The van der Waals surface area contributed by atoms with E-state index in [9.17, 15) is 9.59 Å². The lowest BCUT2D eigenvalue weighted by atomic mass is 10.1. The van der Waals surface area contributed by atoms with E-state index >= 15 is 0 Å². The molecule has 0 radical (unpaired) electrons. The molecule has 0 aromatic heterocycles. The van der Waals surface area contributed by atoms with Gasteiger partial charge in [-0.15, -0.1) is 0 Å². The average Bonchev–Trinajstić information content (AvgIpc) is 2.69. The van der Waals surface area contributed by atoms with Gasteiger partial charge in [-0.25, -0.2) is 9.59 Å². The van der Waals surface area contributed by atoms with Crippen molar-refractivity contribution in [1.29, 1.82) is 0 Å². The van der Waals surface area contributed by atoms with E-state index in [2.05, 4.69) is 10.1 Å². The Balaban J connectivity index is 2.68. The van der Waals surface area contributed by atoms with Gasteiger partial charge in [0.1, 0.15) is 11.7 Å². The molecule has 1 N–H and O–H groups in total. The molecule has 1 aliphatic rings. The number of amides is 1. The molecule has 0 aromatic rings. The van der Waals surface area contributed by atoms with Crippen LogP contribution in [0, 0.1) is 0 Å². The molecule has 0 bridgehead atoms. The second kappa shape index (κ2) is 6.06. The Morgan fingerprint density at radius 2 is 1.95 bits per heavy atom. The van der Waals surface area contributed by atoms with Gasteiger partial charge in [-0.1, -0.05) is 12.2 Å². The minimum atomic E-state index is -0.916. The third-order valence-corrected chi connectivity index (χ3v) is 2.40. The van der Waals surface area contributed by atoms with E-state index in [1.807, 2.05) is 13.0 Å². The predicted molar refractivity (Wildman–Crippen MR) is 68.6 cm³/mol. The first kappa shape index (κ1) is 15.5. The van der Waals surface area contributed by atoms with Crippen LogP contribution in [0.2, 0.25) is 0 Å². The highest BCUT2D eigenvalue weighted by Gasteiger charge is 2.34. The first-order chi connectivity index (χ1) is 8.73. The van der Waals surface area contributed by atoms with Crippen molar-refractivity contribution in [2.45, 2.75) is 51.5 Å². The van der Waals surface area contributed by atoms with E-state index < -0.39 is 29.8 Å². The highest BCUT2D eigenvalue weighted by atomic mass is 16.6. The smallest absolute Gasteiger partial charge is 0.408 e. The SMILES string of the molecule is COC(=O)[C@@H](NC(=O)OC(C)(C)C)[C@H]1C=C[C@H](C)O1. The molecular formula is C13H21NO5. The first-order valence-electron chi connectivity index (χ1n) is 6.14. The van der Waals surface area contributed by atoms with Crippen LogP contribution >= 0.6 is 0 Å². The molecule has 0 aromatic carbocycles. The van der Waals surface area contributed by atoms with E-state index in [-0.39, 0.29) is 6.10 Å². The fourth-order valence-electron chi connectivity index (χ4n) is 1.63. The number of carbonyl (C=O) groups excluding carboxylic acids is 2. The van der Waals surface area contributed by atoms with Crippen LogP contribution in [0.1, 0.15) is 27.7 Å². The number of hydrogen-bond donors (Lipinski definition) is 1. The van der Waals surface area contributed by atoms with Crippen LogP contribution in [0.5, 0.6) is 0 Å². The molecule has 0 fully saturated rings. The maximum absolute atomic E-state index is 11.7. The molecule has 1 amide bonds. The summed E-state index contributed by atoms with van der Waals surface area (Å²) in [6.07, 6.45) is 2.22. The number of esters is 1. The topological polar surface area (TPSA) is 73.9 Å². The van der Waals surface area contributed by atoms with Crippen LogP contribution in [0.15, 0.2) is 12.2 Å². The summed E-state index contributed by atoms with van der Waals surface area (Å²) in [6.45, 7) is 7.08.